The lowest BCUT2D eigenvalue weighted by Crippen LogP contribution is -2.35. The number of hydrogen-bond acceptors (Lipinski definition) is 4. The van der Waals surface area contributed by atoms with Crippen molar-refractivity contribution < 1.29 is 9.21 Å². The minimum atomic E-state index is -0.221. The van der Waals surface area contributed by atoms with Crippen molar-refractivity contribution in [3.63, 3.8) is 0 Å². The molecule has 0 bridgehead atoms. The number of aromatic nitrogens is 2. The van der Waals surface area contributed by atoms with Gasteiger partial charge in [0, 0.05) is 19.6 Å². The highest BCUT2D eigenvalue weighted by molar-refractivity contribution is 6.06. The lowest BCUT2D eigenvalue weighted by molar-refractivity contribution is 0.0772. The minimum Gasteiger partial charge on any atom is -0.442 e. The second-order valence-electron chi connectivity index (χ2n) is 7.91. The maximum Gasteiger partial charge on any atom is 0.265 e. The second kappa shape index (κ2) is 7.70. The molecule has 0 saturated heterocycles. The molecular formula is C23H25N3O3. The smallest absolute Gasteiger partial charge is 0.265 e. The fraction of sp³-hybridized carbons (Fsp3) is 0.348. The Hall–Kier alpha value is -3.15. The number of furan rings is 1. The van der Waals surface area contributed by atoms with Gasteiger partial charge in [-0.1, -0.05) is 50.3 Å². The van der Waals surface area contributed by atoms with Crippen molar-refractivity contribution in [3.8, 4) is 0 Å². The monoisotopic (exact) mass is 391 g/mol. The number of aryl methyl sites for hydroxylation is 1. The number of carbonyl (C=O) groups excluding carboxylic acids is 1. The van der Waals surface area contributed by atoms with Crippen LogP contribution in [0.15, 0.2) is 51.9 Å². The van der Waals surface area contributed by atoms with E-state index in [1.807, 2.05) is 32.0 Å². The molecule has 3 heterocycles. The fourth-order valence-electron chi connectivity index (χ4n) is 3.84. The van der Waals surface area contributed by atoms with Crippen molar-refractivity contribution in [2.24, 2.45) is 5.92 Å². The van der Waals surface area contributed by atoms with Crippen molar-refractivity contribution in [2.75, 3.05) is 13.1 Å². The molecule has 6 heteroatoms. The van der Waals surface area contributed by atoms with Gasteiger partial charge in [-0.05, 0) is 30.4 Å². The second-order valence-corrected chi connectivity index (χ2v) is 7.91. The zero-order chi connectivity index (χ0) is 20.5. The van der Waals surface area contributed by atoms with Gasteiger partial charge in [0.15, 0.2) is 0 Å². The Labute approximate surface area is 169 Å². The summed E-state index contributed by atoms with van der Waals surface area (Å²) in [6.07, 6.45) is 4.36. The lowest BCUT2D eigenvalue weighted by Gasteiger charge is -2.26. The maximum atomic E-state index is 13.3. The van der Waals surface area contributed by atoms with Crippen LogP contribution in [-0.4, -0.2) is 33.4 Å². The normalized spacial score (nSPS) is 14.5. The molecular weight excluding hydrogens is 366 g/mol. The summed E-state index contributed by atoms with van der Waals surface area (Å²) in [6, 6.07) is 10.2. The summed E-state index contributed by atoms with van der Waals surface area (Å²) in [5, 5.41) is 0.286. The van der Waals surface area contributed by atoms with Gasteiger partial charge in [-0.3, -0.25) is 14.2 Å². The molecule has 0 spiro atoms. The molecule has 0 fully saturated rings. The molecule has 1 amide bonds. The van der Waals surface area contributed by atoms with E-state index < -0.39 is 0 Å². The van der Waals surface area contributed by atoms with Gasteiger partial charge in [0.2, 0.25) is 5.71 Å². The molecule has 4 rings (SSSR count). The number of rotatable bonds is 4. The van der Waals surface area contributed by atoms with Crippen LogP contribution in [0.3, 0.4) is 0 Å². The SMILES string of the molecule is Cc1oc2ncn(CC(C)C)c(=O)c2c1C(=O)N1CC=C(c2ccccc2)CC1. The topological polar surface area (TPSA) is 68.3 Å². The van der Waals surface area contributed by atoms with Gasteiger partial charge in [-0.15, -0.1) is 0 Å². The molecule has 6 nitrogen and oxygen atoms in total. The average molecular weight is 391 g/mol. The molecule has 0 atom stereocenters. The number of fused-ring (bicyclic) bond motifs is 1. The van der Waals surface area contributed by atoms with Crippen LogP contribution in [0.1, 0.15) is 41.9 Å². The van der Waals surface area contributed by atoms with E-state index in [2.05, 4.69) is 23.2 Å². The Kier molecular flexibility index (Phi) is 5.09. The summed E-state index contributed by atoms with van der Waals surface area (Å²) in [6.45, 7) is 7.45. The Bertz CT molecular complexity index is 1140. The first-order chi connectivity index (χ1) is 14.0. The molecule has 0 N–H and O–H groups in total. The predicted octanol–water partition coefficient (Wildman–Crippen LogP) is 3.88. The Balaban J connectivity index is 1.66. The summed E-state index contributed by atoms with van der Waals surface area (Å²) < 4.78 is 7.21. The van der Waals surface area contributed by atoms with Crippen molar-refractivity contribution in [2.45, 2.75) is 33.7 Å². The fourth-order valence-corrected chi connectivity index (χ4v) is 3.84. The van der Waals surface area contributed by atoms with Crippen LogP contribution < -0.4 is 5.56 Å². The van der Waals surface area contributed by atoms with Crippen LogP contribution >= 0.6 is 0 Å². The van der Waals surface area contributed by atoms with Crippen molar-refractivity contribution in [1.29, 1.82) is 0 Å². The van der Waals surface area contributed by atoms with E-state index in [1.54, 1.807) is 16.4 Å². The molecule has 150 valence electrons. The summed E-state index contributed by atoms with van der Waals surface area (Å²) in [5.41, 5.74) is 2.77. The molecule has 0 unspecified atom stereocenters. The third kappa shape index (κ3) is 3.62. The van der Waals surface area contributed by atoms with Gasteiger partial charge in [0.1, 0.15) is 17.5 Å². The van der Waals surface area contributed by atoms with Crippen LogP contribution in [-0.2, 0) is 6.54 Å². The molecule has 29 heavy (non-hydrogen) atoms. The van der Waals surface area contributed by atoms with Crippen molar-refractivity contribution in [3.05, 3.63) is 70.0 Å². The van der Waals surface area contributed by atoms with E-state index in [1.165, 1.54) is 17.5 Å². The van der Waals surface area contributed by atoms with E-state index in [9.17, 15) is 9.59 Å². The van der Waals surface area contributed by atoms with Crippen LogP contribution in [0.2, 0.25) is 0 Å². The molecule has 1 aliphatic rings. The van der Waals surface area contributed by atoms with Crippen LogP contribution in [0, 0.1) is 12.8 Å². The zero-order valence-electron chi connectivity index (χ0n) is 17.0. The standard InChI is InChI=1S/C23H25N3O3/c1-15(2)13-26-14-24-21-20(23(26)28)19(16(3)29-21)22(27)25-11-9-18(10-12-25)17-7-5-4-6-8-17/h4-9,14-15H,10-13H2,1-3H3. The van der Waals surface area contributed by atoms with Gasteiger partial charge in [-0.2, -0.15) is 0 Å². The van der Waals surface area contributed by atoms with Gasteiger partial charge in [-0.25, -0.2) is 4.98 Å². The first-order valence-electron chi connectivity index (χ1n) is 9.98. The Morgan fingerprint density at radius 1 is 1.24 bits per heavy atom. The summed E-state index contributed by atoms with van der Waals surface area (Å²) in [5.74, 6) is 0.559. The predicted molar refractivity (Wildman–Crippen MR) is 113 cm³/mol. The zero-order valence-corrected chi connectivity index (χ0v) is 17.0. The number of carbonyl (C=O) groups is 1. The number of benzene rings is 1. The molecule has 2 aromatic heterocycles. The maximum absolute atomic E-state index is 13.3. The van der Waals surface area contributed by atoms with Gasteiger partial charge in [0.25, 0.3) is 11.5 Å². The molecule has 1 aliphatic heterocycles. The van der Waals surface area contributed by atoms with Crippen molar-refractivity contribution in [1.82, 2.24) is 14.5 Å². The van der Waals surface area contributed by atoms with Crippen LogP contribution in [0.4, 0.5) is 0 Å². The quantitative estimate of drug-likeness (QED) is 0.677. The molecule has 0 radical (unpaired) electrons. The van der Waals surface area contributed by atoms with E-state index in [4.69, 9.17) is 4.42 Å². The average Bonchev–Trinajstić information content (AvgIpc) is 3.07. The highest BCUT2D eigenvalue weighted by Gasteiger charge is 2.27. The largest absolute Gasteiger partial charge is 0.442 e. The Morgan fingerprint density at radius 3 is 2.66 bits per heavy atom. The third-order valence-corrected chi connectivity index (χ3v) is 5.27. The van der Waals surface area contributed by atoms with E-state index in [-0.39, 0.29) is 22.6 Å². The molecule has 0 saturated carbocycles. The van der Waals surface area contributed by atoms with E-state index in [0.29, 0.717) is 36.9 Å². The summed E-state index contributed by atoms with van der Waals surface area (Å²) in [4.78, 5) is 32.3. The number of hydrogen-bond donors (Lipinski definition) is 0. The molecule has 3 aromatic rings. The lowest BCUT2D eigenvalue weighted by atomic mass is 9.99. The van der Waals surface area contributed by atoms with E-state index >= 15 is 0 Å². The first kappa shape index (κ1) is 19.2. The Morgan fingerprint density at radius 2 is 2.00 bits per heavy atom. The third-order valence-electron chi connectivity index (χ3n) is 5.27. The molecule has 1 aromatic carbocycles. The number of amides is 1. The van der Waals surface area contributed by atoms with Gasteiger partial charge < -0.3 is 9.32 Å². The van der Waals surface area contributed by atoms with Crippen LogP contribution in [0.5, 0.6) is 0 Å². The summed E-state index contributed by atoms with van der Waals surface area (Å²) in [7, 11) is 0. The van der Waals surface area contributed by atoms with Crippen molar-refractivity contribution >= 4 is 22.6 Å². The van der Waals surface area contributed by atoms with Crippen LogP contribution in [0.25, 0.3) is 16.7 Å². The molecule has 0 aliphatic carbocycles. The van der Waals surface area contributed by atoms with Gasteiger partial charge >= 0.3 is 0 Å². The minimum absolute atomic E-state index is 0.175. The summed E-state index contributed by atoms with van der Waals surface area (Å²) >= 11 is 0. The number of nitrogens with zero attached hydrogens (tertiary/aromatic N) is 3. The van der Waals surface area contributed by atoms with Gasteiger partial charge in [0.05, 0.1) is 5.56 Å². The first-order valence-corrected chi connectivity index (χ1v) is 9.98. The highest BCUT2D eigenvalue weighted by Crippen LogP contribution is 2.26. The van der Waals surface area contributed by atoms with E-state index in [0.717, 1.165) is 6.42 Å². The highest BCUT2D eigenvalue weighted by atomic mass is 16.3.